The van der Waals surface area contributed by atoms with Crippen LogP contribution in [0.25, 0.3) is 0 Å². The van der Waals surface area contributed by atoms with Gasteiger partial charge in [-0.3, -0.25) is 9.69 Å². The van der Waals surface area contributed by atoms with Crippen LogP contribution in [0.3, 0.4) is 0 Å². The summed E-state index contributed by atoms with van der Waals surface area (Å²) in [6.45, 7) is 4.74. The number of aromatic nitrogens is 2. The highest BCUT2D eigenvalue weighted by molar-refractivity contribution is 6.00. The first-order chi connectivity index (χ1) is 12.7. The van der Waals surface area contributed by atoms with Crippen molar-refractivity contribution < 1.29 is 4.79 Å². The van der Waals surface area contributed by atoms with Gasteiger partial charge in [-0.05, 0) is 44.7 Å². The molecule has 2 aliphatic rings. The van der Waals surface area contributed by atoms with Gasteiger partial charge in [0.05, 0.1) is 6.42 Å². The molecule has 136 valence electrons. The van der Waals surface area contributed by atoms with E-state index in [9.17, 15) is 4.79 Å². The maximum absolute atomic E-state index is 12.6. The van der Waals surface area contributed by atoms with E-state index in [-0.39, 0.29) is 5.91 Å². The summed E-state index contributed by atoms with van der Waals surface area (Å²) in [6.07, 6.45) is 4.63. The Bertz CT molecular complexity index is 784. The zero-order valence-corrected chi connectivity index (χ0v) is 15.4. The number of anilines is 1. The Morgan fingerprint density at radius 2 is 2.08 bits per heavy atom. The van der Waals surface area contributed by atoms with Crippen LogP contribution in [0.2, 0.25) is 0 Å². The summed E-state index contributed by atoms with van der Waals surface area (Å²) in [5.41, 5.74) is 3.30. The number of amides is 1. The molecule has 0 bridgehead atoms. The second-order valence-electron chi connectivity index (χ2n) is 7.32. The molecule has 1 aromatic carbocycles. The first-order valence-electron chi connectivity index (χ1n) is 9.65. The van der Waals surface area contributed by atoms with Gasteiger partial charge in [0.1, 0.15) is 11.6 Å². The van der Waals surface area contributed by atoms with E-state index in [1.165, 1.54) is 5.56 Å². The van der Waals surface area contributed by atoms with E-state index < -0.39 is 0 Å². The van der Waals surface area contributed by atoms with Crippen molar-refractivity contribution in [2.75, 3.05) is 24.5 Å². The number of rotatable bonds is 5. The van der Waals surface area contributed by atoms with Crippen molar-refractivity contribution in [1.29, 1.82) is 0 Å². The first-order valence-corrected chi connectivity index (χ1v) is 9.65. The fraction of sp³-hybridized carbons (Fsp3) is 0.476. The maximum Gasteiger partial charge on any atom is 0.232 e. The highest BCUT2D eigenvalue weighted by atomic mass is 16.2. The Hall–Kier alpha value is -2.27. The minimum atomic E-state index is 0.157. The predicted octanol–water partition coefficient (Wildman–Crippen LogP) is 2.77. The van der Waals surface area contributed by atoms with Gasteiger partial charge >= 0.3 is 0 Å². The molecule has 5 nitrogen and oxygen atoms in total. The number of aryl methyl sites for hydroxylation is 2. The summed E-state index contributed by atoms with van der Waals surface area (Å²) in [5.74, 6) is 2.27. The average Bonchev–Trinajstić information content (AvgIpc) is 3.00. The Balaban J connectivity index is 1.51. The number of fused-ring (bicyclic) bond motifs is 1. The largest absolute Gasteiger partial charge is 0.316 e. The molecule has 0 saturated carbocycles. The smallest absolute Gasteiger partial charge is 0.232 e. The van der Waals surface area contributed by atoms with E-state index in [1.807, 2.05) is 17.9 Å². The van der Waals surface area contributed by atoms with Crippen LogP contribution in [0.1, 0.15) is 47.8 Å². The lowest BCUT2D eigenvalue weighted by molar-refractivity contribution is -0.117. The van der Waals surface area contributed by atoms with Gasteiger partial charge in [-0.15, -0.1) is 0 Å². The summed E-state index contributed by atoms with van der Waals surface area (Å²) >= 11 is 0. The number of nitrogens with zero attached hydrogens (tertiary/aromatic N) is 3. The highest BCUT2D eigenvalue weighted by Crippen LogP contribution is 2.31. The third-order valence-electron chi connectivity index (χ3n) is 5.45. The van der Waals surface area contributed by atoms with Gasteiger partial charge in [0.15, 0.2) is 0 Å². The minimum absolute atomic E-state index is 0.157. The zero-order valence-electron chi connectivity index (χ0n) is 15.4. The van der Waals surface area contributed by atoms with Crippen LogP contribution in [0.5, 0.6) is 0 Å². The van der Waals surface area contributed by atoms with Crippen LogP contribution in [0, 0.1) is 6.92 Å². The molecule has 1 aromatic heterocycles. The summed E-state index contributed by atoms with van der Waals surface area (Å²) in [5, 5.41) is 3.43. The Kier molecular flexibility index (Phi) is 4.98. The summed E-state index contributed by atoms with van der Waals surface area (Å²) in [4.78, 5) is 24.0. The fourth-order valence-corrected chi connectivity index (χ4v) is 3.97. The van der Waals surface area contributed by atoms with Gasteiger partial charge in [0.25, 0.3) is 0 Å². The van der Waals surface area contributed by atoms with Crippen molar-refractivity contribution in [1.82, 2.24) is 15.3 Å². The van der Waals surface area contributed by atoms with Gasteiger partial charge in [-0.25, -0.2) is 9.97 Å². The number of carbonyl (C=O) groups is 1. The van der Waals surface area contributed by atoms with Crippen LogP contribution >= 0.6 is 0 Å². The van der Waals surface area contributed by atoms with Crippen molar-refractivity contribution in [3.05, 3.63) is 53.0 Å². The molecule has 0 aliphatic carbocycles. The lowest BCUT2D eigenvalue weighted by Crippen LogP contribution is -2.31. The quantitative estimate of drug-likeness (QED) is 0.901. The maximum atomic E-state index is 12.6. The average molecular weight is 350 g/mol. The molecule has 0 unspecified atom stereocenters. The van der Waals surface area contributed by atoms with Crippen molar-refractivity contribution in [2.45, 2.75) is 44.9 Å². The molecule has 0 radical (unpaired) electrons. The molecular formula is C21H26N4O. The number of piperidine rings is 1. The van der Waals surface area contributed by atoms with Crippen LogP contribution in [-0.4, -0.2) is 35.5 Å². The van der Waals surface area contributed by atoms with E-state index in [0.717, 1.165) is 68.2 Å². The van der Waals surface area contributed by atoms with Crippen LogP contribution in [0.4, 0.5) is 5.82 Å². The minimum Gasteiger partial charge on any atom is -0.316 e. The number of benzene rings is 1. The van der Waals surface area contributed by atoms with Gasteiger partial charge < -0.3 is 5.32 Å². The van der Waals surface area contributed by atoms with Gasteiger partial charge in [-0.1, -0.05) is 30.3 Å². The Morgan fingerprint density at radius 1 is 1.23 bits per heavy atom. The van der Waals surface area contributed by atoms with E-state index in [2.05, 4.69) is 29.6 Å². The zero-order chi connectivity index (χ0) is 17.9. The topological polar surface area (TPSA) is 58.1 Å². The van der Waals surface area contributed by atoms with Gasteiger partial charge in [0, 0.05) is 30.3 Å². The van der Waals surface area contributed by atoms with Crippen LogP contribution < -0.4 is 10.2 Å². The molecule has 5 heteroatoms. The monoisotopic (exact) mass is 350 g/mol. The molecule has 2 aliphatic heterocycles. The SMILES string of the molecule is Cc1nc([C@H]2CCCNC2)nc2c1CC(=O)N2CCCc1ccccc1. The van der Waals surface area contributed by atoms with E-state index in [4.69, 9.17) is 9.97 Å². The second-order valence-corrected chi connectivity index (χ2v) is 7.32. The normalized spacial score (nSPS) is 19.7. The molecular weight excluding hydrogens is 324 g/mol. The molecule has 26 heavy (non-hydrogen) atoms. The first kappa shape index (κ1) is 17.2. The molecule has 1 atom stereocenters. The molecule has 4 rings (SSSR count). The molecule has 1 N–H and O–H groups in total. The van der Waals surface area contributed by atoms with Gasteiger partial charge in [0.2, 0.25) is 5.91 Å². The third-order valence-corrected chi connectivity index (χ3v) is 5.45. The molecule has 1 saturated heterocycles. The second kappa shape index (κ2) is 7.54. The van der Waals surface area contributed by atoms with Gasteiger partial charge in [-0.2, -0.15) is 0 Å². The number of hydrogen-bond acceptors (Lipinski definition) is 4. The lowest BCUT2D eigenvalue weighted by atomic mass is 9.98. The lowest BCUT2D eigenvalue weighted by Gasteiger charge is -2.23. The van der Waals surface area contributed by atoms with Crippen LogP contribution in [0.15, 0.2) is 30.3 Å². The van der Waals surface area contributed by atoms with Crippen LogP contribution in [-0.2, 0) is 17.6 Å². The van der Waals surface area contributed by atoms with Crippen molar-refractivity contribution in [3.8, 4) is 0 Å². The van der Waals surface area contributed by atoms with E-state index in [0.29, 0.717) is 12.3 Å². The summed E-state index contributed by atoms with van der Waals surface area (Å²) in [7, 11) is 0. The summed E-state index contributed by atoms with van der Waals surface area (Å²) in [6, 6.07) is 10.4. The van der Waals surface area contributed by atoms with Crippen molar-refractivity contribution in [2.24, 2.45) is 0 Å². The van der Waals surface area contributed by atoms with Crippen molar-refractivity contribution >= 4 is 11.7 Å². The summed E-state index contributed by atoms with van der Waals surface area (Å²) < 4.78 is 0. The Morgan fingerprint density at radius 3 is 2.85 bits per heavy atom. The number of hydrogen-bond donors (Lipinski definition) is 1. The molecule has 3 heterocycles. The fourth-order valence-electron chi connectivity index (χ4n) is 3.97. The highest BCUT2D eigenvalue weighted by Gasteiger charge is 2.32. The van der Waals surface area contributed by atoms with E-state index in [1.54, 1.807) is 0 Å². The molecule has 1 amide bonds. The third kappa shape index (κ3) is 3.49. The predicted molar refractivity (Wildman–Crippen MR) is 102 cm³/mol. The Labute approximate surface area is 154 Å². The molecule has 2 aromatic rings. The number of nitrogens with one attached hydrogen (secondary N) is 1. The standard InChI is InChI=1S/C21H26N4O/c1-15-18-13-19(26)25(12-6-9-16-7-3-2-4-8-16)21(18)24-20(23-15)17-10-5-11-22-14-17/h2-4,7-8,17,22H,5-6,9-14H2,1H3/t17-/m0/s1. The molecule has 0 spiro atoms. The van der Waals surface area contributed by atoms with Crippen molar-refractivity contribution in [3.63, 3.8) is 0 Å². The van der Waals surface area contributed by atoms with E-state index >= 15 is 0 Å². The number of carbonyl (C=O) groups excluding carboxylic acids is 1. The molecule has 1 fully saturated rings.